The van der Waals surface area contributed by atoms with Crippen molar-refractivity contribution in [3.63, 3.8) is 0 Å². The number of ether oxygens (including phenoxy) is 1. The summed E-state index contributed by atoms with van der Waals surface area (Å²) in [6.45, 7) is 8.09. The molecular weight excluding hydrogens is 412 g/mol. The highest BCUT2D eigenvalue weighted by atomic mass is 16.5. The van der Waals surface area contributed by atoms with Gasteiger partial charge in [-0.15, -0.1) is 13.2 Å². The largest absolute Gasteiger partial charge is 0.385 e. The van der Waals surface area contributed by atoms with Crippen LogP contribution in [0.3, 0.4) is 0 Å². The highest BCUT2D eigenvalue weighted by Crippen LogP contribution is 2.25. The zero-order chi connectivity index (χ0) is 23.5. The maximum Gasteiger partial charge on any atom is 0.224 e. The van der Waals surface area contributed by atoms with Crippen LogP contribution in [0.25, 0.3) is 22.6 Å². The van der Waals surface area contributed by atoms with E-state index in [4.69, 9.17) is 14.7 Å². The van der Waals surface area contributed by atoms with Crippen molar-refractivity contribution in [3.8, 4) is 17.5 Å². The van der Waals surface area contributed by atoms with E-state index in [-0.39, 0.29) is 1.43 Å². The van der Waals surface area contributed by atoms with Crippen molar-refractivity contribution >= 4 is 17.1 Å². The van der Waals surface area contributed by atoms with Gasteiger partial charge in [0.1, 0.15) is 11.3 Å². The van der Waals surface area contributed by atoms with Crippen molar-refractivity contribution in [1.29, 1.82) is 5.26 Å². The highest BCUT2D eigenvalue weighted by molar-refractivity contribution is 5.77. The van der Waals surface area contributed by atoms with Crippen molar-refractivity contribution < 1.29 is 6.16 Å². The molecule has 1 N–H and O–H groups in total. The highest BCUT2D eigenvalue weighted by Gasteiger charge is 2.15. The number of anilines is 1. The lowest BCUT2D eigenvalue weighted by molar-refractivity contribution is 0.191. The molecule has 0 aliphatic heterocycles. The van der Waals surface area contributed by atoms with Crippen molar-refractivity contribution in [2.45, 2.75) is 19.4 Å². The number of aromatic nitrogens is 4. The minimum atomic E-state index is 0. The number of nitriles is 1. The Morgan fingerprint density at radius 2 is 1.94 bits per heavy atom. The van der Waals surface area contributed by atoms with Crippen molar-refractivity contribution in [1.82, 2.24) is 19.5 Å². The number of aryl methyl sites for hydroxylation is 1. The lowest BCUT2D eigenvalue weighted by Gasteiger charge is -2.10. The van der Waals surface area contributed by atoms with Gasteiger partial charge < -0.3 is 14.6 Å². The SMILES string of the molecule is C=C.COCCCn1c(-c2cccc(C#N)c2)nc2cnc(NCCc3ccccc3)nc21.[HH]. The van der Waals surface area contributed by atoms with Gasteiger partial charge in [-0.2, -0.15) is 10.2 Å². The first-order chi connectivity index (χ1) is 16.3. The maximum atomic E-state index is 9.27. The van der Waals surface area contributed by atoms with E-state index in [9.17, 15) is 5.26 Å². The number of fused-ring (bicyclic) bond motifs is 1. The van der Waals surface area contributed by atoms with Crippen LogP contribution in [-0.4, -0.2) is 39.8 Å². The number of nitrogens with zero attached hydrogens (tertiary/aromatic N) is 5. The standard InChI is InChI=1S/C24H24N6O.C2H4.H2/c1-31-14-6-13-30-22(20-10-5-9-19(15-20)16-25)28-21-17-27-24(29-23(21)30)26-12-11-18-7-3-2-4-8-18;1-2;/h2-5,7-10,15,17H,6,11-14H2,1H3,(H,26,27,29);1-2H2;1H. The van der Waals surface area contributed by atoms with Crippen LogP contribution >= 0.6 is 0 Å². The third-order valence-electron chi connectivity index (χ3n) is 5.01. The van der Waals surface area contributed by atoms with E-state index < -0.39 is 0 Å². The summed E-state index contributed by atoms with van der Waals surface area (Å²) in [5, 5.41) is 12.6. The molecule has 0 radical (unpaired) electrons. The van der Waals surface area contributed by atoms with Gasteiger partial charge >= 0.3 is 0 Å². The average molecular weight is 443 g/mol. The van der Waals surface area contributed by atoms with Gasteiger partial charge in [0.25, 0.3) is 0 Å². The summed E-state index contributed by atoms with van der Waals surface area (Å²) in [7, 11) is 1.69. The van der Waals surface area contributed by atoms with Gasteiger partial charge in [-0.1, -0.05) is 42.5 Å². The van der Waals surface area contributed by atoms with Crippen molar-refractivity contribution in [2.24, 2.45) is 0 Å². The molecule has 0 amide bonds. The van der Waals surface area contributed by atoms with Crippen LogP contribution in [0.4, 0.5) is 5.95 Å². The number of hydrogen-bond donors (Lipinski definition) is 1. The van der Waals surface area contributed by atoms with E-state index in [0.717, 1.165) is 41.9 Å². The summed E-state index contributed by atoms with van der Waals surface area (Å²) >= 11 is 0. The second kappa shape index (κ2) is 12.1. The molecule has 2 aromatic heterocycles. The van der Waals surface area contributed by atoms with E-state index in [1.165, 1.54) is 5.56 Å². The first kappa shape index (κ1) is 23.6. The molecule has 7 nitrogen and oxygen atoms in total. The van der Waals surface area contributed by atoms with Crippen LogP contribution in [0.2, 0.25) is 0 Å². The molecule has 0 spiro atoms. The van der Waals surface area contributed by atoms with Crippen LogP contribution in [0, 0.1) is 11.3 Å². The van der Waals surface area contributed by atoms with E-state index in [2.05, 4.69) is 46.2 Å². The number of hydrogen-bond acceptors (Lipinski definition) is 6. The Balaban J connectivity index is 0.00000133. The van der Waals surface area contributed by atoms with Gasteiger partial charge in [0.05, 0.1) is 17.8 Å². The van der Waals surface area contributed by atoms with Gasteiger partial charge in [-0.3, -0.25) is 0 Å². The molecule has 0 fully saturated rings. The zero-order valence-electron chi connectivity index (χ0n) is 18.9. The lowest BCUT2D eigenvalue weighted by atomic mass is 10.1. The molecule has 7 heteroatoms. The number of nitrogens with one attached hydrogen (secondary N) is 1. The predicted molar refractivity (Wildman–Crippen MR) is 134 cm³/mol. The molecule has 4 rings (SSSR count). The fourth-order valence-electron chi connectivity index (χ4n) is 3.49. The van der Waals surface area contributed by atoms with E-state index in [1.807, 2.05) is 36.4 Å². The summed E-state index contributed by atoms with van der Waals surface area (Å²) < 4.78 is 7.31. The van der Waals surface area contributed by atoms with Gasteiger partial charge in [-0.25, -0.2) is 9.97 Å². The van der Waals surface area contributed by atoms with Gasteiger partial charge in [-0.05, 0) is 30.5 Å². The molecule has 0 aliphatic rings. The molecule has 0 saturated carbocycles. The molecule has 33 heavy (non-hydrogen) atoms. The Kier molecular flexibility index (Phi) is 8.69. The topological polar surface area (TPSA) is 88.7 Å². The smallest absolute Gasteiger partial charge is 0.224 e. The Morgan fingerprint density at radius 3 is 2.70 bits per heavy atom. The third kappa shape index (κ3) is 6.03. The second-order valence-corrected chi connectivity index (χ2v) is 7.19. The van der Waals surface area contributed by atoms with E-state index in [1.54, 1.807) is 19.4 Å². The van der Waals surface area contributed by atoms with E-state index >= 15 is 0 Å². The summed E-state index contributed by atoms with van der Waals surface area (Å²) in [5.41, 5.74) is 4.24. The first-order valence-corrected chi connectivity index (χ1v) is 10.8. The average Bonchev–Trinajstić information content (AvgIpc) is 3.24. The Hall–Kier alpha value is -4.02. The summed E-state index contributed by atoms with van der Waals surface area (Å²) in [6.07, 6.45) is 3.47. The molecule has 2 heterocycles. The summed E-state index contributed by atoms with van der Waals surface area (Å²) in [6, 6.07) is 20.0. The normalized spacial score (nSPS) is 10.3. The Morgan fingerprint density at radius 1 is 1.12 bits per heavy atom. The number of rotatable bonds is 9. The monoisotopic (exact) mass is 442 g/mol. The van der Waals surface area contributed by atoms with Crippen LogP contribution < -0.4 is 5.32 Å². The minimum absolute atomic E-state index is 0. The Bertz CT molecular complexity index is 1220. The predicted octanol–water partition coefficient (Wildman–Crippen LogP) is 5.10. The molecular formula is C26H30N6O. The lowest BCUT2D eigenvalue weighted by Crippen LogP contribution is -2.09. The molecule has 0 unspecified atom stereocenters. The third-order valence-corrected chi connectivity index (χ3v) is 5.01. The fraction of sp³-hybridized carbons (Fsp3) is 0.231. The van der Waals surface area contributed by atoms with Gasteiger partial charge in [0.2, 0.25) is 5.95 Å². The molecule has 4 aromatic rings. The van der Waals surface area contributed by atoms with Crippen LogP contribution in [-0.2, 0) is 17.7 Å². The molecule has 0 aliphatic carbocycles. The second-order valence-electron chi connectivity index (χ2n) is 7.19. The zero-order valence-corrected chi connectivity index (χ0v) is 18.9. The van der Waals surface area contributed by atoms with Gasteiger partial charge in [0.15, 0.2) is 5.65 Å². The summed E-state index contributed by atoms with van der Waals surface area (Å²) in [5.74, 6) is 1.35. The molecule has 170 valence electrons. The quantitative estimate of drug-likeness (QED) is 0.286. The first-order valence-electron chi connectivity index (χ1n) is 10.8. The van der Waals surface area contributed by atoms with Crippen LogP contribution in [0.15, 0.2) is 74.0 Å². The molecule has 0 saturated heterocycles. The maximum absolute atomic E-state index is 9.27. The number of methoxy groups -OCH3 is 1. The Labute approximate surface area is 195 Å². The van der Waals surface area contributed by atoms with Crippen molar-refractivity contribution in [2.75, 3.05) is 25.6 Å². The number of benzene rings is 2. The molecule has 2 aromatic carbocycles. The summed E-state index contributed by atoms with van der Waals surface area (Å²) in [4.78, 5) is 14.0. The van der Waals surface area contributed by atoms with Gasteiger partial charge in [0, 0.05) is 33.8 Å². The van der Waals surface area contributed by atoms with Crippen LogP contribution in [0.5, 0.6) is 0 Å². The van der Waals surface area contributed by atoms with Crippen LogP contribution in [0.1, 0.15) is 19.0 Å². The molecule has 0 bridgehead atoms. The number of imidazole rings is 1. The van der Waals surface area contributed by atoms with Crippen molar-refractivity contribution in [3.05, 3.63) is 85.1 Å². The minimum Gasteiger partial charge on any atom is -0.385 e. The molecule has 0 atom stereocenters. The fourth-order valence-corrected chi connectivity index (χ4v) is 3.49. The van der Waals surface area contributed by atoms with E-state index in [0.29, 0.717) is 24.7 Å².